The normalized spacial score (nSPS) is 13.5. The average Bonchev–Trinajstić information content (AvgIpc) is 2.23. The molecule has 0 radical (unpaired) electrons. The highest BCUT2D eigenvalue weighted by molar-refractivity contribution is 7.58. The van der Waals surface area contributed by atoms with Gasteiger partial charge in [-0.05, 0) is 24.3 Å². The second kappa shape index (κ2) is 7.72. The molecule has 18 heavy (non-hydrogen) atoms. The van der Waals surface area contributed by atoms with Crippen molar-refractivity contribution < 1.29 is 19.1 Å². The van der Waals surface area contributed by atoms with Crippen LogP contribution in [0.1, 0.15) is 47.0 Å². The standard InChI is InChI=1S/C12H24NO4P/c1-5-7-10(6-2)11(18(15,16)17)12(14)13-8-9(3)4/h9H,5-8H2,1-4H3,(H,13,14)(H2,15,16,17). The third-order valence-corrected chi connectivity index (χ3v) is 3.59. The molecule has 0 aliphatic rings. The molecule has 0 aromatic carbocycles. The summed E-state index contributed by atoms with van der Waals surface area (Å²) in [4.78, 5) is 30.6. The fourth-order valence-corrected chi connectivity index (χ4v) is 2.67. The van der Waals surface area contributed by atoms with Crippen LogP contribution in [0.2, 0.25) is 0 Å². The molecule has 0 bridgehead atoms. The molecule has 0 rings (SSSR count). The lowest BCUT2D eigenvalue weighted by Gasteiger charge is -2.16. The number of hydrogen-bond acceptors (Lipinski definition) is 2. The molecule has 0 saturated heterocycles. The van der Waals surface area contributed by atoms with E-state index in [1.165, 1.54) is 0 Å². The summed E-state index contributed by atoms with van der Waals surface area (Å²) in [5.74, 6) is -0.398. The first-order chi connectivity index (χ1) is 8.23. The van der Waals surface area contributed by atoms with Crippen LogP contribution in [-0.4, -0.2) is 22.2 Å². The molecule has 1 amide bonds. The summed E-state index contributed by atoms with van der Waals surface area (Å²) >= 11 is 0. The monoisotopic (exact) mass is 277 g/mol. The Hall–Kier alpha value is -0.640. The predicted octanol–water partition coefficient (Wildman–Crippen LogP) is 2.40. The fraction of sp³-hybridized carbons (Fsp3) is 0.750. The van der Waals surface area contributed by atoms with Crippen LogP contribution >= 0.6 is 7.60 Å². The van der Waals surface area contributed by atoms with Gasteiger partial charge in [0.15, 0.2) is 0 Å². The van der Waals surface area contributed by atoms with Crippen molar-refractivity contribution in [3.8, 4) is 0 Å². The second-order valence-electron chi connectivity index (χ2n) is 4.70. The van der Waals surface area contributed by atoms with Gasteiger partial charge in [0.2, 0.25) is 0 Å². The fourth-order valence-electron chi connectivity index (χ4n) is 1.64. The van der Waals surface area contributed by atoms with Crippen molar-refractivity contribution in [1.29, 1.82) is 0 Å². The van der Waals surface area contributed by atoms with E-state index in [1.54, 1.807) is 6.92 Å². The minimum Gasteiger partial charge on any atom is -0.352 e. The molecule has 6 heteroatoms. The average molecular weight is 277 g/mol. The summed E-state index contributed by atoms with van der Waals surface area (Å²) in [6, 6.07) is 0. The van der Waals surface area contributed by atoms with Crippen molar-refractivity contribution in [2.24, 2.45) is 5.92 Å². The maximum Gasteiger partial charge on any atom is 0.361 e. The van der Waals surface area contributed by atoms with Gasteiger partial charge in [0.05, 0.1) is 0 Å². The van der Waals surface area contributed by atoms with Gasteiger partial charge in [-0.1, -0.05) is 34.1 Å². The van der Waals surface area contributed by atoms with E-state index in [4.69, 9.17) is 0 Å². The Labute approximate surface area is 109 Å². The van der Waals surface area contributed by atoms with Crippen LogP contribution in [0.15, 0.2) is 10.9 Å². The topological polar surface area (TPSA) is 86.6 Å². The quantitative estimate of drug-likeness (QED) is 0.492. The highest BCUT2D eigenvalue weighted by Crippen LogP contribution is 2.47. The lowest BCUT2D eigenvalue weighted by atomic mass is 10.1. The summed E-state index contributed by atoms with van der Waals surface area (Å²) in [5.41, 5.74) is 0.548. The number of amides is 1. The largest absolute Gasteiger partial charge is 0.361 e. The Kier molecular flexibility index (Phi) is 7.45. The second-order valence-corrected chi connectivity index (χ2v) is 6.24. The van der Waals surface area contributed by atoms with Gasteiger partial charge in [-0.15, -0.1) is 0 Å². The molecule has 106 valence electrons. The van der Waals surface area contributed by atoms with Crippen molar-refractivity contribution in [3.05, 3.63) is 10.9 Å². The SMILES string of the molecule is CCCC(CC)=C(C(=O)NCC(C)C)P(=O)(O)O. The highest BCUT2D eigenvalue weighted by atomic mass is 31.2. The van der Waals surface area contributed by atoms with Gasteiger partial charge in [0.1, 0.15) is 5.31 Å². The Morgan fingerprint density at radius 2 is 1.83 bits per heavy atom. The maximum atomic E-state index is 11.9. The molecule has 0 aromatic rings. The minimum absolute atomic E-state index is 0.239. The summed E-state index contributed by atoms with van der Waals surface area (Å²) in [6.07, 6.45) is 1.76. The van der Waals surface area contributed by atoms with E-state index < -0.39 is 13.5 Å². The van der Waals surface area contributed by atoms with Crippen LogP contribution in [0.3, 0.4) is 0 Å². The third-order valence-electron chi connectivity index (χ3n) is 2.49. The van der Waals surface area contributed by atoms with Crippen LogP contribution in [0.5, 0.6) is 0 Å². The molecule has 0 atom stereocenters. The molecule has 3 N–H and O–H groups in total. The van der Waals surface area contributed by atoms with E-state index in [-0.39, 0.29) is 11.2 Å². The van der Waals surface area contributed by atoms with Gasteiger partial charge in [-0.2, -0.15) is 0 Å². The number of carbonyl (C=O) groups excluding carboxylic acids is 1. The van der Waals surface area contributed by atoms with Crippen LogP contribution in [-0.2, 0) is 9.36 Å². The molecular formula is C12H24NO4P. The summed E-state index contributed by atoms with van der Waals surface area (Å²) in [6.45, 7) is 7.97. The van der Waals surface area contributed by atoms with Gasteiger partial charge in [0, 0.05) is 6.54 Å². The lowest BCUT2D eigenvalue weighted by Crippen LogP contribution is -2.29. The van der Waals surface area contributed by atoms with Crippen molar-refractivity contribution in [1.82, 2.24) is 5.32 Å². The minimum atomic E-state index is -4.53. The number of nitrogens with one attached hydrogen (secondary N) is 1. The molecule has 0 unspecified atom stereocenters. The van der Waals surface area contributed by atoms with Crippen molar-refractivity contribution in [2.75, 3.05) is 6.54 Å². The Bertz CT molecular complexity index is 357. The molecule has 5 nitrogen and oxygen atoms in total. The van der Waals surface area contributed by atoms with E-state index in [0.717, 1.165) is 6.42 Å². The van der Waals surface area contributed by atoms with Crippen molar-refractivity contribution >= 4 is 13.5 Å². The molecule has 0 aliphatic heterocycles. The van der Waals surface area contributed by atoms with E-state index in [1.807, 2.05) is 20.8 Å². The molecule has 0 aromatic heterocycles. The number of carbonyl (C=O) groups is 1. The van der Waals surface area contributed by atoms with Crippen molar-refractivity contribution in [2.45, 2.75) is 47.0 Å². The molecule has 0 heterocycles. The first-order valence-corrected chi connectivity index (χ1v) is 7.91. The summed E-state index contributed by atoms with van der Waals surface area (Å²) in [7, 11) is -4.53. The Balaban J connectivity index is 5.24. The molecular weight excluding hydrogens is 253 g/mol. The zero-order valence-electron chi connectivity index (χ0n) is 11.6. The number of rotatable bonds is 7. The molecule has 0 saturated carbocycles. The van der Waals surface area contributed by atoms with Gasteiger partial charge in [-0.3, -0.25) is 9.36 Å². The lowest BCUT2D eigenvalue weighted by molar-refractivity contribution is -0.117. The zero-order valence-corrected chi connectivity index (χ0v) is 12.5. The Morgan fingerprint density at radius 1 is 1.28 bits per heavy atom. The smallest absolute Gasteiger partial charge is 0.352 e. The first-order valence-electron chi connectivity index (χ1n) is 6.30. The van der Waals surface area contributed by atoms with Crippen LogP contribution in [0.4, 0.5) is 0 Å². The molecule has 0 aliphatic carbocycles. The van der Waals surface area contributed by atoms with Gasteiger partial charge < -0.3 is 15.1 Å². The Morgan fingerprint density at radius 3 is 2.17 bits per heavy atom. The highest BCUT2D eigenvalue weighted by Gasteiger charge is 2.30. The van der Waals surface area contributed by atoms with Crippen molar-refractivity contribution in [3.63, 3.8) is 0 Å². The van der Waals surface area contributed by atoms with E-state index in [9.17, 15) is 19.1 Å². The van der Waals surface area contributed by atoms with Gasteiger partial charge in [-0.25, -0.2) is 0 Å². The van der Waals surface area contributed by atoms with E-state index in [2.05, 4.69) is 5.32 Å². The summed E-state index contributed by atoms with van der Waals surface area (Å²) in [5, 5.41) is 2.23. The predicted molar refractivity (Wildman–Crippen MR) is 72.1 cm³/mol. The third kappa shape index (κ3) is 5.80. The van der Waals surface area contributed by atoms with Crippen LogP contribution < -0.4 is 5.32 Å². The zero-order chi connectivity index (χ0) is 14.3. The van der Waals surface area contributed by atoms with E-state index >= 15 is 0 Å². The number of hydrogen-bond donors (Lipinski definition) is 3. The first kappa shape index (κ1) is 17.4. The number of allylic oxidation sites excluding steroid dienone is 1. The van der Waals surface area contributed by atoms with E-state index in [0.29, 0.717) is 25.0 Å². The molecule has 0 spiro atoms. The maximum absolute atomic E-state index is 11.9. The van der Waals surface area contributed by atoms with Crippen LogP contribution in [0, 0.1) is 5.92 Å². The van der Waals surface area contributed by atoms with Gasteiger partial charge in [0.25, 0.3) is 5.91 Å². The van der Waals surface area contributed by atoms with Gasteiger partial charge >= 0.3 is 7.60 Å². The molecule has 0 fully saturated rings. The summed E-state index contributed by atoms with van der Waals surface area (Å²) < 4.78 is 11.5. The van der Waals surface area contributed by atoms with Crippen LogP contribution in [0.25, 0.3) is 0 Å².